The van der Waals surface area contributed by atoms with E-state index in [2.05, 4.69) is 9.97 Å². The van der Waals surface area contributed by atoms with Gasteiger partial charge in [0.05, 0.1) is 17.3 Å². The molecule has 2 N–H and O–H groups in total. The van der Waals surface area contributed by atoms with E-state index in [1.807, 2.05) is 36.4 Å². The lowest BCUT2D eigenvalue weighted by atomic mass is 9.96. The van der Waals surface area contributed by atoms with Crippen LogP contribution in [0, 0.1) is 11.3 Å². The number of hydrogen-bond donors (Lipinski definition) is 2. The number of phenols is 1. The molecule has 0 unspecified atom stereocenters. The van der Waals surface area contributed by atoms with Crippen LogP contribution in [0.3, 0.4) is 0 Å². The summed E-state index contributed by atoms with van der Waals surface area (Å²) < 4.78 is 0. The van der Waals surface area contributed by atoms with Crippen molar-refractivity contribution >= 4 is 10.9 Å². The minimum Gasteiger partial charge on any atom is -0.506 e. The molecule has 1 heterocycles. The van der Waals surface area contributed by atoms with E-state index in [4.69, 9.17) is 0 Å². The van der Waals surface area contributed by atoms with Crippen LogP contribution in [0.4, 0.5) is 0 Å². The van der Waals surface area contributed by atoms with Gasteiger partial charge in [-0.1, -0.05) is 30.3 Å². The number of aromatic hydroxyl groups is 1. The van der Waals surface area contributed by atoms with E-state index in [1.54, 1.807) is 0 Å². The van der Waals surface area contributed by atoms with Gasteiger partial charge in [0.15, 0.2) is 0 Å². The maximum atomic E-state index is 11.9. The van der Waals surface area contributed by atoms with Crippen LogP contribution in [-0.2, 0) is 0 Å². The normalized spacial score (nSPS) is 10.3. The standard InChI is InChI=1S/C15H9N3O2/c16-7-11-10(9-4-2-1-3-5-9)6-12(19)14-13(11)15(20)18-8-17-14/h1-6,8,19H,(H,17,18,20). The molecule has 0 amide bonds. The van der Waals surface area contributed by atoms with Gasteiger partial charge in [-0.15, -0.1) is 0 Å². The maximum Gasteiger partial charge on any atom is 0.260 e. The van der Waals surface area contributed by atoms with Gasteiger partial charge in [-0.3, -0.25) is 4.79 Å². The summed E-state index contributed by atoms with van der Waals surface area (Å²) in [4.78, 5) is 18.3. The molecular weight excluding hydrogens is 254 g/mol. The topological polar surface area (TPSA) is 89.8 Å². The molecule has 0 atom stereocenters. The van der Waals surface area contributed by atoms with E-state index >= 15 is 0 Å². The highest BCUT2D eigenvalue weighted by atomic mass is 16.3. The molecule has 0 saturated carbocycles. The second-order valence-electron chi connectivity index (χ2n) is 4.25. The van der Waals surface area contributed by atoms with Gasteiger partial charge < -0.3 is 10.1 Å². The Morgan fingerprint density at radius 1 is 1.25 bits per heavy atom. The van der Waals surface area contributed by atoms with Gasteiger partial charge in [0.25, 0.3) is 5.56 Å². The van der Waals surface area contributed by atoms with E-state index in [-0.39, 0.29) is 22.2 Å². The smallest absolute Gasteiger partial charge is 0.260 e. The van der Waals surface area contributed by atoms with Crippen molar-refractivity contribution in [3.8, 4) is 22.9 Å². The first-order chi connectivity index (χ1) is 9.72. The Hall–Kier alpha value is -3.13. The number of nitrogens with zero attached hydrogens (tertiary/aromatic N) is 2. The lowest BCUT2D eigenvalue weighted by molar-refractivity contribution is 0.480. The zero-order chi connectivity index (χ0) is 14.1. The summed E-state index contributed by atoms with van der Waals surface area (Å²) in [6, 6.07) is 12.6. The van der Waals surface area contributed by atoms with Gasteiger partial charge >= 0.3 is 0 Å². The molecule has 0 bridgehead atoms. The van der Waals surface area contributed by atoms with E-state index in [1.165, 1.54) is 12.4 Å². The number of H-pyrrole nitrogens is 1. The molecule has 0 saturated heterocycles. The van der Waals surface area contributed by atoms with Crippen molar-refractivity contribution in [2.24, 2.45) is 0 Å². The summed E-state index contributed by atoms with van der Waals surface area (Å²) in [7, 11) is 0. The van der Waals surface area contributed by atoms with Gasteiger partial charge in [0, 0.05) is 5.56 Å². The first kappa shape index (κ1) is 11.9. The number of fused-ring (bicyclic) bond motifs is 1. The Bertz CT molecular complexity index is 893. The fraction of sp³-hybridized carbons (Fsp3) is 0. The summed E-state index contributed by atoms with van der Waals surface area (Å²) in [6.07, 6.45) is 1.20. The molecule has 96 valence electrons. The number of nitrogens with one attached hydrogen (secondary N) is 1. The zero-order valence-corrected chi connectivity index (χ0v) is 10.3. The molecule has 3 aromatic rings. The Kier molecular flexibility index (Phi) is 2.70. The minimum absolute atomic E-state index is 0.105. The highest BCUT2D eigenvalue weighted by molar-refractivity contribution is 5.95. The molecule has 2 aromatic carbocycles. The van der Waals surface area contributed by atoms with E-state index in [0.717, 1.165) is 5.56 Å². The predicted octanol–water partition coefficient (Wildman–Crippen LogP) is 2.17. The summed E-state index contributed by atoms with van der Waals surface area (Å²) in [5, 5.41) is 19.5. The molecule has 1 aromatic heterocycles. The van der Waals surface area contributed by atoms with Crippen LogP contribution in [0.2, 0.25) is 0 Å². The molecular formula is C15H9N3O2. The van der Waals surface area contributed by atoms with Gasteiger partial charge in [0.1, 0.15) is 17.3 Å². The summed E-state index contributed by atoms with van der Waals surface area (Å²) >= 11 is 0. The predicted molar refractivity (Wildman–Crippen MR) is 74.2 cm³/mol. The molecule has 3 rings (SSSR count). The van der Waals surface area contributed by atoms with Crippen molar-refractivity contribution < 1.29 is 5.11 Å². The summed E-state index contributed by atoms with van der Waals surface area (Å²) in [5.74, 6) is -0.121. The van der Waals surface area contributed by atoms with Gasteiger partial charge in [-0.25, -0.2) is 4.98 Å². The fourth-order valence-corrected chi connectivity index (χ4v) is 2.20. The second-order valence-corrected chi connectivity index (χ2v) is 4.25. The lowest BCUT2D eigenvalue weighted by Crippen LogP contribution is -2.09. The summed E-state index contributed by atoms with van der Waals surface area (Å²) in [5.41, 5.74) is 1.16. The second kappa shape index (κ2) is 4.52. The van der Waals surface area contributed by atoms with Crippen LogP contribution in [0.1, 0.15) is 5.56 Å². The molecule has 0 fully saturated rings. The quantitative estimate of drug-likeness (QED) is 0.704. The van der Waals surface area contributed by atoms with Crippen molar-refractivity contribution in [2.75, 3.05) is 0 Å². The molecule has 20 heavy (non-hydrogen) atoms. The Morgan fingerprint density at radius 3 is 2.70 bits per heavy atom. The minimum atomic E-state index is -0.445. The summed E-state index contributed by atoms with van der Waals surface area (Å²) in [6.45, 7) is 0. The van der Waals surface area contributed by atoms with E-state index < -0.39 is 5.56 Å². The number of benzene rings is 2. The number of rotatable bonds is 1. The van der Waals surface area contributed by atoms with E-state index in [0.29, 0.717) is 5.56 Å². The van der Waals surface area contributed by atoms with Gasteiger partial charge in [-0.2, -0.15) is 5.26 Å². The Balaban J connectivity index is 2.50. The largest absolute Gasteiger partial charge is 0.506 e. The van der Waals surface area contributed by atoms with Crippen LogP contribution in [0.15, 0.2) is 47.5 Å². The first-order valence-corrected chi connectivity index (χ1v) is 5.91. The van der Waals surface area contributed by atoms with Crippen molar-refractivity contribution in [2.45, 2.75) is 0 Å². The lowest BCUT2D eigenvalue weighted by Gasteiger charge is -2.08. The Morgan fingerprint density at radius 2 is 2.00 bits per heavy atom. The van der Waals surface area contributed by atoms with Crippen LogP contribution in [0.25, 0.3) is 22.0 Å². The Labute approximate surface area is 113 Å². The zero-order valence-electron chi connectivity index (χ0n) is 10.3. The highest BCUT2D eigenvalue weighted by Crippen LogP contribution is 2.32. The number of aromatic amines is 1. The average Bonchev–Trinajstić information content (AvgIpc) is 2.49. The maximum absolute atomic E-state index is 11.9. The SMILES string of the molecule is N#Cc1c(-c2ccccc2)cc(O)c2nc[nH]c(=O)c12. The first-order valence-electron chi connectivity index (χ1n) is 5.91. The number of nitriles is 1. The number of phenolic OH excluding ortho intramolecular Hbond substituents is 1. The molecule has 0 aliphatic carbocycles. The average molecular weight is 263 g/mol. The third-order valence-corrected chi connectivity index (χ3v) is 3.09. The molecule has 0 aliphatic heterocycles. The van der Waals surface area contributed by atoms with Gasteiger partial charge in [0.2, 0.25) is 0 Å². The third-order valence-electron chi connectivity index (χ3n) is 3.09. The van der Waals surface area contributed by atoms with Crippen molar-refractivity contribution in [1.82, 2.24) is 9.97 Å². The molecule has 5 heteroatoms. The third kappa shape index (κ3) is 1.71. The van der Waals surface area contributed by atoms with Crippen LogP contribution >= 0.6 is 0 Å². The van der Waals surface area contributed by atoms with Crippen molar-refractivity contribution in [1.29, 1.82) is 5.26 Å². The van der Waals surface area contributed by atoms with E-state index in [9.17, 15) is 15.2 Å². The molecule has 0 aliphatic rings. The van der Waals surface area contributed by atoms with Crippen molar-refractivity contribution in [3.63, 3.8) is 0 Å². The molecule has 5 nitrogen and oxygen atoms in total. The van der Waals surface area contributed by atoms with Gasteiger partial charge in [-0.05, 0) is 11.6 Å². The number of aromatic nitrogens is 2. The van der Waals surface area contributed by atoms with Crippen LogP contribution in [-0.4, -0.2) is 15.1 Å². The fourth-order valence-electron chi connectivity index (χ4n) is 2.20. The van der Waals surface area contributed by atoms with Crippen molar-refractivity contribution in [3.05, 3.63) is 58.6 Å². The van der Waals surface area contributed by atoms with Crippen LogP contribution < -0.4 is 5.56 Å². The number of hydrogen-bond acceptors (Lipinski definition) is 4. The highest BCUT2D eigenvalue weighted by Gasteiger charge is 2.16. The molecule has 0 spiro atoms. The monoisotopic (exact) mass is 263 g/mol. The molecule has 0 radical (unpaired) electrons. The van der Waals surface area contributed by atoms with Crippen LogP contribution in [0.5, 0.6) is 5.75 Å².